The first-order valence-electron chi connectivity index (χ1n) is 12.3. The number of hydrogen-bond acceptors (Lipinski definition) is 12. The van der Waals surface area contributed by atoms with E-state index in [-0.39, 0.29) is 12.5 Å². The predicted octanol–water partition coefficient (Wildman–Crippen LogP) is 2.37. The van der Waals surface area contributed by atoms with Crippen molar-refractivity contribution in [1.29, 1.82) is 0 Å². The minimum absolute atomic E-state index is 0.144. The number of rotatable bonds is 11. The Kier molecular flexibility index (Phi) is 9.63. The maximum absolute atomic E-state index is 12.8. The molecule has 1 amide bonds. The number of aryl methyl sites for hydroxylation is 1. The fraction of sp³-hybridized carbons (Fsp3) is 0.458. The van der Waals surface area contributed by atoms with Crippen LogP contribution in [0, 0.1) is 6.92 Å². The van der Waals surface area contributed by atoms with Crippen molar-refractivity contribution in [1.82, 2.24) is 29.7 Å². The number of nitrogens with zero attached hydrogens (tertiary/aromatic N) is 7. The van der Waals surface area contributed by atoms with Crippen LogP contribution in [-0.4, -0.2) is 107 Å². The van der Waals surface area contributed by atoms with Crippen molar-refractivity contribution >= 4 is 57.5 Å². The molecule has 3 heterocycles. The van der Waals surface area contributed by atoms with E-state index in [1.165, 1.54) is 17.5 Å². The average Bonchev–Trinajstić information content (AvgIpc) is 3.35. The summed E-state index contributed by atoms with van der Waals surface area (Å²) in [5, 5.41) is 19.4. The van der Waals surface area contributed by atoms with Crippen LogP contribution in [0.2, 0.25) is 5.02 Å². The number of aliphatic hydroxyl groups is 1. The Morgan fingerprint density at radius 1 is 1.16 bits per heavy atom. The van der Waals surface area contributed by atoms with E-state index in [9.17, 15) is 9.90 Å². The Hall–Kier alpha value is -3.10. The number of benzene rings is 1. The Morgan fingerprint density at radius 3 is 2.63 bits per heavy atom. The number of piperazine rings is 1. The van der Waals surface area contributed by atoms with Crippen LogP contribution in [0.15, 0.2) is 24.4 Å². The number of likely N-dealkylation sites (N-methyl/N-ethyl adjacent to an activating group) is 1. The molecule has 0 aliphatic carbocycles. The molecule has 0 unspecified atom stereocenters. The van der Waals surface area contributed by atoms with Gasteiger partial charge in [0.05, 0.1) is 23.5 Å². The summed E-state index contributed by atoms with van der Waals surface area (Å²) < 4.78 is 0. The van der Waals surface area contributed by atoms with Crippen molar-refractivity contribution in [3.05, 3.63) is 39.9 Å². The van der Waals surface area contributed by atoms with Crippen LogP contribution < -0.4 is 20.9 Å². The average molecular weight is 561 g/mol. The number of amides is 1. The molecule has 0 saturated carbocycles. The van der Waals surface area contributed by atoms with Crippen LogP contribution in [-0.2, 0) is 0 Å². The molecule has 0 bridgehead atoms. The summed E-state index contributed by atoms with van der Waals surface area (Å²) in [7, 11) is 4.01. The molecular weight excluding hydrogens is 528 g/mol. The number of carbonyl (C=O) groups is 1. The van der Waals surface area contributed by atoms with Gasteiger partial charge >= 0.3 is 0 Å². The van der Waals surface area contributed by atoms with Gasteiger partial charge in [0.1, 0.15) is 4.88 Å². The van der Waals surface area contributed by atoms with Crippen LogP contribution in [0.25, 0.3) is 0 Å². The summed E-state index contributed by atoms with van der Waals surface area (Å²) in [6, 6.07) is 5.46. The monoisotopic (exact) mass is 560 g/mol. The van der Waals surface area contributed by atoms with Crippen molar-refractivity contribution in [2.75, 3.05) is 87.4 Å². The first-order chi connectivity index (χ1) is 18.3. The van der Waals surface area contributed by atoms with E-state index < -0.39 is 0 Å². The third kappa shape index (κ3) is 7.48. The summed E-state index contributed by atoms with van der Waals surface area (Å²) in [6.45, 7) is 7.28. The lowest BCUT2D eigenvalue weighted by Crippen LogP contribution is -2.47. The highest BCUT2D eigenvalue weighted by atomic mass is 35.5. The van der Waals surface area contributed by atoms with Crippen molar-refractivity contribution < 1.29 is 9.90 Å². The zero-order chi connectivity index (χ0) is 27.1. The molecule has 4 rings (SSSR count). The number of carbonyl (C=O) groups excluding carboxylic acids is 1. The van der Waals surface area contributed by atoms with Crippen molar-refractivity contribution in [2.24, 2.45) is 0 Å². The van der Waals surface area contributed by atoms with Gasteiger partial charge in [-0.1, -0.05) is 35.1 Å². The molecule has 1 aliphatic rings. The molecule has 12 nitrogen and oxygen atoms in total. The minimum atomic E-state index is -0.296. The molecule has 1 aromatic carbocycles. The molecule has 204 valence electrons. The first-order valence-corrected chi connectivity index (χ1v) is 13.5. The minimum Gasteiger partial charge on any atom is -0.395 e. The van der Waals surface area contributed by atoms with Crippen LogP contribution in [0.1, 0.15) is 15.2 Å². The molecule has 2 aromatic heterocycles. The summed E-state index contributed by atoms with van der Waals surface area (Å²) in [5.41, 5.74) is 1.45. The molecule has 0 atom stereocenters. The number of aliphatic hydroxyl groups excluding tert-OH is 1. The number of hydrogen-bond donors (Lipinski definition) is 4. The van der Waals surface area contributed by atoms with E-state index in [0.29, 0.717) is 51.7 Å². The van der Waals surface area contributed by atoms with Crippen LogP contribution >= 0.6 is 22.9 Å². The highest BCUT2D eigenvalue weighted by Crippen LogP contribution is 2.28. The first kappa shape index (κ1) is 27.9. The van der Waals surface area contributed by atoms with Gasteiger partial charge in [0, 0.05) is 45.8 Å². The second-order valence-corrected chi connectivity index (χ2v) is 10.5. The molecular formula is C24H33ClN10O2S. The summed E-state index contributed by atoms with van der Waals surface area (Å²) >= 11 is 7.45. The summed E-state index contributed by atoms with van der Waals surface area (Å²) in [4.78, 5) is 37.8. The van der Waals surface area contributed by atoms with Gasteiger partial charge in [-0.3, -0.25) is 15.0 Å². The number of anilines is 5. The lowest BCUT2D eigenvalue weighted by Gasteiger charge is -2.34. The Balaban J connectivity index is 1.49. The number of thiazole rings is 1. The lowest BCUT2D eigenvalue weighted by molar-refractivity contribution is 0.103. The van der Waals surface area contributed by atoms with Crippen LogP contribution in [0.5, 0.6) is 0 Å². The Morgan fingerprint density at radius 2 is 1.92 bits per heavy atom. The number of para-hydroxylation sites is 1. The highest BCUT2D eigenvalue weighted by molar-refractivity contribution is 7.17. The number of β-amino-alcohol motifs (C(OH)–C–C–N with tert-alkyl or cyclic N) is 1. The van der Waals surface area contributed by atoms with Crippen molar-refractivity contribution in [2.45, 2.75) is 6.92 Å². The fourth-order valence-corrected chi connectivity index (χ4v) is 4.82. The number of halogens is 1. The second-order valence-electron chi connectivity index (χ2n) is 9.11. The summed E-state index contributed by atoms with van der Waals surface area (Å²) in [6.07, 6.45) is 1.51. The lowest BCUT2D eigenvalue weighted by atomic mass is 10.2. The molecule has 38 heavy (non-hydrogen) atoms. The molecule has 0 radical (unpaired) electrons. The van der Waals surface area contributed by atoms with Gasteiger partial charge in [-0.05, 0) is 32.6 Å². The molecule has 0 spiro atoms. The maximum Gasteiger partial charge on any atom is 0.267 e. The zero-order valence-corrected chi connectivity index (χ0v) is 23.3. The maximum atomic E-state index is 12.8. The largest absolute Gasteiger partial charge is 0.395 e. The van der Waals surface area contributed by atoms with E-state index in [2.05, 4.69) is 50.6 Å². The molecule has 1 fully saturated rings. The van der Waals surface area contributed by atoms with Gasteiger partial charge in [0.15, 0.2) is 5.13 Å². The van der Waals surface area contributed by atoms with Gasteiger partial charge in [-0.2, -0.15) is 15.0 Å². The van der Waals surface area contributed by atoms with Gasteiger partial charge in [0.25, 0.3) is 5.91 Å². The van der Waals surface area contributed by atoms with E-state index in [1.807, 2.05) is 33.2 Å². The topological polar surface area (TPSA) is 135 Å². The predicted molar refractivity (Wildman–Crippen MR) is 152 cm³/mol. The third-order valence-corrected chi connectivity index (χ3v) is 7.17. The smallest absolute Gasteiger partial charge is 0.267 e. The Labute approximate surface area is 231 Å². The molecule has 14 heteroatoms. The SMILES string of the molecule is Cc1cccc(Cl)c1NC(=O)c1cnc(Nc2nc(NCCN(C)C)nc(N3CCN(CCO)CC3)n2)s1. The Bertz CT molecular complexity index is 1210. The van der Waals surface area contributed by atoms with E-state index in [0.717, 1.165) is 38.3 Å². The fourth-order valence-electron chi connectivity index (χ4n) is 3.84. The standard InChI is InChI=1S/C24H33ClN10O2S/c1-16-5-4-6-17(25)19(16)28-20(37)18-15-27-24(38-18)32-22-29-21(26-7-8-33(2)3)30-23(31-22)35-11-9-34(10-12-35)13-14-36/h4-6,15,36H,7-14H2,1-3H3,(H,28,37)(H2,26,27,29,30,31,32). The van der Waals surface area contributed by atoms with E-state index in [4.69, 9.17) is 11.6 Å². The van der Waals surface area contributed by atoms with Gasteiger partial charge in [0.2, 0.25) is 17.8 Å². The molecule has 1 saturated heterocycles. The number of nitrogens with one attached hydrogen (secondary N) is 3. The highest BCUT2D eigenvalue weighted by Gasteiger charge is 2.21. The third-order valence-electron chi connectivity index (χ3n) is 5.95. The molecule has 1 aliphatic heterocycles. The quantitative estimate of drug-likeness (QED) is 0.275. The van der Waals surface area contributed by atoms with Gasteiger partial charge in [-0.15, -0.1) is 0 Å². The summed E-state index contributed by atoms with van der Waals surface area (Å²) in [5.74, 6) is 1.06. The second kappa shape index (κ2) is 13.1. The van der Waals surface area contributed by atoms with Crippen LogP contribution in [0.3, 0.4) is 0 Å². The van der Waals surface area contributed by atoms with Gasteiger partial charge < -0.3 is 25.5 Å². The molecule has 4 N–H and O–H groups in total. The normalized spacial score (nSPS) is 14.1. The van der Waals surface area contributed by atoms with Crippen molar-refractivity contribution in [3.8, 4) is 0 Å². The van der Waals surface area contributed by atoms with E-state index in [1.54, 1.807) is 6.07 Å². The van der Waals surface area contributed by atoms with Crippen molar-refractivity contribution in [3.63, 3.8) is 0 Å². The van der Waals surface area contributed by atoms with E-state index >= 15 is 0 Å². The number of aromatic nitrogens is 4. The zero-order valence-electron chi connectivity index (χ0n) is 21.7. The van der Waals surface area contributed by atoms with Crippen LogP contribution in [0.4, 0.5) is 28.7 Å². The van der Waals surface area contributed by atoms with Gasteiger partial charge in [-0.25, -0.2) is 4.98 Å². The molecule has 3 aromatic rings.